The van der Waals surface area contributed by atoms with Crippen molar-refractivity contribution in [1.29, 1.82) is 0 Å². The van der Waals surface area contributed by atoms with Crippen LogP contribution < -0.4 is 0 Å². The molecule has 3 nitrogen and oxygen atoms in total. The van der Waals surface area contributed by atoms with Crippen molar-refractivity contribution >= 4 is 17.4 Å². The van der Waals surface area contributed by atoms with Crippen molar-refractivity contribution in [2.45, 2.75) is 37.9 Å². The van der Waals surface area contributed by atoms with Crippen molar-refractivity contribution in [1.82, 2.24) is 9.80 Å². The molecule has 26 heavy (non-hydrogen) atoms. The summed E-state index contributed by atoms with van der Waals surface area (Å²) in [5.74, 6) is -0.445. The highest BCUT2D eigenvalue weighted by atomic mass is 35.5. The summed E-state index contributed by atoms with van der Waals surface area (Å²) in [4.78, 5) is 16.9. The van der Waals surface area contributed by atoms with E-state index < -0.39 is 22.5 Å². The normalized spacial score (nSPS) is 21.8. The summed E-state index contributed by atoms with van der Waals surface area (Å²) in [6.07, 6.45) is 3.14. The average molecular weight is 387 g/mol. The van der Waals surface area contributed by atoms with Crippen molar-refractivity contribution in [3.8, 4) is 0 Å². The van der Waals surface area contributed by atoms with Crippen LogP contribution in [0.25, 0.3) is 0 Å². The summed E-state index contributed by atoms with van der Waals surface area (Å²) in [6.45, 7) is 4.10. The van der Waals surface area contributed by atoms with Crippen molar-refractivity contribution in [2.24, 2.45) is 0 Å². The highest BCUT2D eigenvalue weighted by Gasteiger charge is 2.33. The zero-order valence-corrected chi connectivity index (χ0v) is 15.2. The maximum absolute atomic E-state index is 12.9. The lowest BCUT2D eigenvalue weighted by Crippen LogP contribution is -2.36. The minimum absolute atomic E-state index is 0.00624. The molecule has 0 bridgehead atoms. The maximum atomic E-state index is 12.9. The van der Waals surface area contributed by atoms with Crippen LogP contribution in [0.4, 0.5) is 13.2 Å². The molecule has 2 aliphatic heterocycles. The Morgan fingerprint density at radius 1 is 1.19 bits per heavy atom. The van der Waals surface area contributed by atoms with Gasteiger partial charge in [0.25, 0.3) is 0 Å². The molecular weight excluding hydrogens is 365 g/mol. The first-order valence-corrected chi connectivity index (χ1v) is 9.30. The van der Waals surface area contributed by atoms with E-state index in [2.05, 4.69) is 9.80 Å². The van der Waals surface area contributed by atoms with Crippen LogP contribution in [0.2, 0.25) is 5.02 Å². The van der Waals surface area contributed by atoms with Crippen LogP contribution in [-0.4, -0.2) is 47.8 Å². The second-order valence-electron chi connectivity index (χ2n) is 6.91. The summed E-state index contributed by atoms with van der Waals surface area (Å²) in [7, 11) is 0. The Morgan fingerprint density at radius 2 is 1.92 bits per heavy atom. The number of ketones is 1. The van der Waals surface area contributed by atoms with Crippen LogP contribution in [0.5, 0.6) is 0 Å². The third-order valence-electron chi connectivity index (χ3n) is 5.06. The second-order valence-corrected chi connectivity index (χ2v) is 7.32. The molecule has 2 heterocycles. The van der Waals surface area contributed by atoms with E-state index in [9.17, 15) is 18.0 Å². The summed E-state index contributed by atoms with van der Waals surface area (Å²) >= 11 is 5.60. The molecule has 1 aromatic carbocycles. The van der Waals surface area contributed by atoms with Gasteiger partial charge >= 0.3 is 6.18 Å². The maximum Gasteiger partial charge on any atom is 0.417 e. The summed E-state index contributed by atoms with van der Waals surface area (Å²) in [5, 5.41) is -0.400. The molecule has 0 aliphatic carbocycles. The highest BCUT2D eigenvalue weighted by Crippen LogP contribution is 2.35. The lowest BCUT2D eigenvalue weighted by atomic mass is 10.1. The van der Waals surface area contributed by atoms with Gasteiger partial charge in [0.1, 0.15) is 0 Å². The fraction of sp³-hybridized carbons (Fsp3) is 0.526. The van der Waals surface area contributed by atoms with Crippen molar-refractivity contribution < 1.29 is 18.0 Å². The fourth-order valence-electron chi connectivity index (χ4n) is 3.67. The van der Waals surface area contributed by atoms with Crippen LogP contribution in [0.1, 0.15) is 41.6 Å². The first-order chi connectivity index (χ1) is 12.3. The van der Waals surface area contributed by atoms with E-state index in [4.69, 9.17) is 11.6 Å². The quantitative estimate of drug-likeness (QED) is 0.545. The molecule has 0 radical (unpaired) electrons. The first-order valence-electron chi connectivity index (χ1n) is 8.92. The number of rotatable bonds is 5. The molecule has 0 N–H and O–H groups in total. The molecule has 0 saturated carbocycles. The number of hydrogen-bond acceptors (Lipinski definition) is 3. The molecule has 142 valence electrons. The fourth-order valence-corrected chi connectivity index (χ4v) is 3.89. The Labute approximate surface area is 156 Å². The number of allylic oxidation sites excluding steroid dienone is 1. The average Bonchev–Trinajstić information content (AvgIpc) is 3.24. The molecule has 0 spiro atoms. The van der Waals surface area contributed by atoms with Gasteiger partial charge in [0.05, 0.1) is 10.6 Å². The largest absolute Gasteiger partial charge is 0.417 e. The minimum atomic E-state index is -4.58. The third kappa shape index (κ3) is 4.60. The van der Waals surface area contributed by atoms with Gasteiger partial charge in [-0.2, -0.15) is 13.2 Å². The van der Waals surface area contributed by atoms with Gasteiger partial charge in [-0.1, -0.05) is 11.6 Å². The van der Waals surface area contributed by atoms with Crippen molar-refractivity contribution in [3.63, 3.8) is 0 Å². The molecule has 0 aromatic heterocycles. The van der Waals surface area contributed by atoms with Gasteiger partial charge in [-0.3, -0.25) is 4.79 Å². The number of likely N-dealkylation sites (tertiary alicyclic amines) is 2. The van der Waals surface area contributed by atoms with Gasteiger partial charge in [-0.25, -0.2) is 0 Å². The van der Waals surface area contributed by atoms with E-state index in [1.165, 1.54) is 25.0 Å². The number of carbonyl (C=O) groups excluding carboxylic acids is 1. The van der Waals surface area contributed by atoms with E-state index in [1.807, 2.05) is 0 Å². The lowest BCUT2D eigenvalue weighted by molar-refractivity contribution is -0.137. The molecule has 2 aliphatic rings. The smallest absolute Gasteiger partial charge is 0.373 e. The van der Waals surface area contributed by atoms with Crippen LogP contribution in [0.3, 0.4) is 0 Å². The highest BCUT2D eigenvalue weighted by molar-refractivity contribution is 6.31. The molecule has 2 fully saturated rings. The number of halogens is 4. The zero-order chi connectivity index (χ0) is 18.7. The van der Waals surface area contributed by atoms with E-state index in [-0.39, 0.29) is 5.56 Å². The number of carbonyl (C=O) groups is 1. The lowest BCUT2D eigenvalue weighted by Gasteiger charge is -2.27. The first kappa shape index (κ1) is 19.2. The number of hydrogen-bond donors (Lipinski definition) is 0. The van der Waals surface area contributed by atoms with E-state index >= 15 is 0 Å². The summed E-state index contributed by atoms with van der Waals surface area (Å²) < 4.78 is 38.8. The zero-order valence-electron chi connectivity index (χ0n) is 14.4. The Morgan fingerprint density at radius 3 is 2.62 bits per heavy atom. The van der Waals surface area contributed by atoms with Crippen LogP contribution in [0.15, 0.2) is 30.5 Å². The molecule has 0 amide bonds. The van der Waals surface area contributed by atoms with Gasteiger partial charge in [0.15, 0.2) is 5.78 Å². The number of benzene rings is 1. The van der Waals surface area contributed by atoms with Crippen molar-refractivity contribution in [2.75, 3.05) is 26.2 Å². The third-order valence-corrected chi connectivity index (χ3v) is 5.39. The summed E-state index contributed by atoms with van der Waals surface area (Å²) in [5.41, 5.74) is -0.986. The monoisotopic (exact) mass is 386 g/mol. The Balaban J connectivity index is 1.67. The van der Waals surface area contributed by atoms with Crippen LogP contribution in [-0.2, 0) is 6.18 Å². The van der Waals surface area contributed by atoms with E-state index in [0.29, 0.717) is 6.04 Å². The van der Waals surface area contributed by atoms with Crippen molar-refractivity contribution in [3.05, 3.63) is 46.6 Å². The van der Waals surface area contributed by atoms with Gasteiger partial charge < -0.3 is 9.80 Å². The number of nitrogens with zero attached hydrogens (tertiary/aromatic N) is 2. The molecule has 1 aromatic rings. The van der Waals surface area contributed by atoms with E-state index in [0.717, 1.165) is 51.2 Å². The molecule has 0 unspecified atom stereocenters. The SMILES string of the molecule is O=C(/C=C/N1CCC[C@H]1CN1CCCC1)c1ccc(Cl)c(C(F)(F)F)c1. The van der Waals surface area contributed by atoms with Gasteiger partial charge in [0.2, 0.25) is 0 Å². The van der Waals surface area contributed by atoms with Crippen LogP contribution in [0, 0.1) is 0 Å². The molecule has 7 heteroatoms. The standard InChI is InChI=1S/C19H22ClF3N2O/c20-17-6-5-14(12-16(17)19(21,22)23)18(26)7-11-25-10-3-4-15(25)13-24-8-1-2-9-24/h5-7,11-12,15H,1-4,8-10,13H2/b11-7+/t15-/m0/s1. The molecule has 2 saturated heterocycles. The number of alkyl halides is 3. The van der Waals surface area contributed by atoms with E-state index in [1.54, 1.807) is 6.20 Å². The predicted octanol–water partition coefficient (Wildman–Crippen LogP) is 4.62. The second kappa shape index (κ2) is 8.01. The Hall–Kier alpha value is -1.53. The molecule has 3 rings (SSSR count). The topological polar surface area (TPSA) is 23.6 Å². The minimum Gasteiger partial charge on any atom is -0.373 e. The molecule has 1 atom stereocenters. The van der Waals surface area contributed by atoms with Gasteiger partial charge in [-0.05, 0) is 57.0 Å². The molecular formula is C19H22ClF3N2O. The van der Waals surface area contributed by atoms with Gasteiger partial charge in [-0.15, -0.1) is 0 Å². The van der Waals surface area contributed by atoms with Gasteiger partial charge in [0, 0.05) is 37.0 Å². The Kier molecular flexibility index (Phi) is 5.92. The van der Waals surface area contributed by atoms with Crippen LogP contribution >= 0.6 is 11.6 Å². The Bertz CT molecular complexity index is 684. The summed E-state index contributed by atoms with van der Waals surface area (Å²) in [6, 6.07) is 3.64. The predicted molar refractivity (Wildman–Crippen MR) is 95.3 cm³/mol.